The van der Waals surface area contributed by atoms with Crippen molar-refractivity contribution in [3.05, 3.63) is 48.6 Å². The number of phosphoric ester groups is 1. The highest BCUT2D eigenvalue weighted by Gasteiger charge is 2.24. The van der Waals surface area contributed by atoms with E-state index in [1.54, 1.807) is 0 Å². The molecule has 0 spiro atoms. The van der Waals surface area contributed by atoms with Crippen molar-refractivity contribution < 1.29 is 37.6 Å². The van der Waals surface area contributed by atoms with Gasteiger partial charge in [-0.3, -0.25) is 18.6 Å². The SMILES string of the molecule is CC/C=C\C/C=C\C/C=C\C/C=C\CCCCCCCCC(=O)OC(COC(=O)CCCCCCCCCCC)COP(=O)(O)OC. The topological polar surface area (TPSA) is 108 Å². The number of esters is 2. The molecule has 0 saturated heterocycles. The Hall–Kier alpha value is -1.99. The van der Waals surface area contributed by atoms with Crippen LogP contribution in [0.3, 0.4) is 0 Å². The minimum atomic E-state index is -4.26. The number of allylic oxidation sites excluding steroid dienone is 8. The highest BCUT2D eigenvalue weighted by molar-refractivity contribution is 7.47. The van der Waals surface area contributed by atoms with E-state index >= 15 is 0 Å². The summed E-state index contributed by atoms with van der Waals surface area (Å²) in [6, 6.07) is 0. The van der Waals surface area contributed by atoms with E-state index in [9.17, 15) is 19.0 Å². The first-order chi connectivity index (χ1) is 22.8. The molecule has 47 heavy (non-hydrogen) atoms. The summed E-state index contributed by atoms with van der Waals surface area (Å²) < 4.78 is 31.8. The molecule has 0 radical (unpaired) electrons. The Morgan fingerprint density at radius 2 is 1.09 bits per heavy atom. The Morgan fingerprint density at radius 3 is 1.62 bits per heavy atom. The predicted octanol–water partition coefficient (Wildman–Crippen LogP) is 11.1. The second kappa shape index (κ2) is 33.9. The molecule has 0 aliphatic heterocycles. The molecular weight excluding hydrogens is 615 g/mol. The van der Waals surface area contributed by atoms with E-state index in [4.69, 9.17) is 14.0 Å². The van der Waals surface area contributed by atoms with Gasteiger partial charge in [-0.2, -0.15) is 0 Å². The van der Waals surface area contributed by atoms with Crippen LogP contribution in [0.5, 0.6) is 0 Å². The second-order valence-corrected chi connectivity index (χ2v) is 13.5. The van der Waals surface area contributed by atoms with Gasteiger partial charge in [-0.1, -0.05) is 140 Å². The van der Waals surface area contributed by atoms with Gasteiger partial charge in [-0.25, -0.2) is 4.57 Å². The smallest absolute Gasteiger partial charge is 0.462 e. The lowest BCUT2D eigenvalue weighted by Crippen LogP contribution is -2.29. The number of hydrogen-bond acceptors (Lipinski definition) is 7. The van der Waals surface area contributed by atoms with Crippen LogP contribution < -0.4 is 0 Å². The zero-order valence-corrected chi connectivity index (χ0v) is 30.8. The molecule has 0 aromatic heterocycles. The molecule has 0 aromatic rings. The lowest BCUT2D eigenvalue weighted by Gasteiger charge is -2.19. The zero-order valence-electron chi connectivity index (χ0n) is 29.9. The number of rotatable bonds is 33. The van der Waals surface area contributed by atoms with Crippen LogP contribution in [0.25, 0.3) is 0 Å². The van der Waals surface area contributed by atoms with Crippen molar-refractivity contribution in [1.29, 1.82) is 0 Å². The van der Waals surface area contributed by atoms with Crippen molar-refractivity contribution in [1.82, 2.24) is 0 Å². The van der Waals surface area contributed by atoms with E-state index in [-0.39, 0.29) is 25.4 Å². The molecule has 8 nitrogen and oxygen atoms in total. The Bertz CT molecular complexity index is 911. The minimum absolute atomic E-state index is 0.228. The second-order valence-electron chi connectivity index (χ2n) is 12.0. The first kappa shape index (κ1) is 45.0. The molecule has 272 valence electrons. The van der Waals surface area contributed by atoms with E-state index in [1.807, 2.05) is 0 Å². The van der Waals surface area contributed by atoms with Gasteiger partial charge in [0.15, 0.2) is 6.10 Å². The standard InChI is InChI=1S/C38H67O8P/c1-4-6-8-10-12-14-15-16-17-18-19-20-21-22-23-25-27-29-31-33-38(40)46-36(35-45-47(41,42)43-3)34-44-37(39)32-30-28-26-24-13-11-9-7-5-2/h6,8,12,14,16-17,19-20,36H,4-5,7,9-11,13,15,18,21-35H2,1-3H3,(H,41,42)/b8-6-,14-12-,17-16-,20-19-. The normalized spacial score (nSPS) is 14.0. The molecule has 0 heterocycles. The summed E-state index contributed by atoms with van der Waals surface area (Å²) >= 11 is 0. The molecule has 0 aromatic carbocycles. The van der Waals surface area contributed by atoms with Gasteiger partial charge in [0, 0.05) is 20.0 Å². The number of carbonyl (C=O) groups is 2. The molecule has 2 atom stereocenters. The Morgan fingerprint density at radius 1 is 0.617 bits per heavy atom. The quantitative estimate of drug-likeness (QED) is 0.0315. The van der Waals surface area contributed by atoms with E-state index in [1.165, 1.54) is 38.5 Å². The molecule has 0 rings (SSSR count). The molecular formula is C38H67O8P. The molecule has 0 amide bonds. The fourth-order valence-corrected chi connectivity index (χ4v) is 5.23. The molecule has 0 aliphatic carbocycles. The number of ether oxygens (including phenoxy) is 2. The lowest BCUT2D eigenvalue weighted by atomic mass is 10.1. The molecule has 1 N–H and O–H groups in total. The largest absolute Gasteiger partial charge is 0.472 e. The van der Waals surface area contributed by atoms with Gasteiger partial charge in [0.1, 0.15) is 6.61 Å². The van der Waals surface area contributed by atoms with Crippen molar-refractivity contribution in [2.45, 2.75) is 161 Å². The van der Waals surface area contributed by atoms with Crippen molar-refractivity contribution in [3.8, 4) is 0 Å². The third-order valence-corrected chi connectivity index (χ3v) is 8.52. The third-order valence-electron chi connectivity index (χ3n) is 7.59. The van der Waals surface area contributed by atoms with Gasteiger partial charge in [0.2, 0.25) is 0 Å². The Balaban J connectivity index is 4.08. The lowest BCUT2D eigenvalue weighted by molar-refractivity contribution is -0.161. The predicted molar refractivity (Wildman–Crippen MR) is 193 cm³/mol. The molecule has 0 saturated carbocycles. The summed E-state index contributed by atoms with van der Waals surface area (Å²) in [6.07, 6.45) is 38.8. The van der Waals surface area contributed by atoms with E-state index in [0.717, 1.165) is 90.6 Å². The maximum Gasteiger partial charge on any atom is 0.472 e. The number of phosphoric acid groups is 1. The average molecular weight is 683 g/mol. The highest BCUT2D eigenvalue weighted by atomic mass is 31.2. The molecule has 0 fully saturated rings. The molecule has 0 bridgehead atoms. The summed E-state index contributed by atoms with van der Waals surface area (Å²) in [4.78, 5) is 34.2. The van der Waals surface area contributed by atoms with E-state index in [2.05, 4.69) is 67.0 Å². The summed E-state index contributed by atoms with van der Waals surface area (Å²) in [5, 5.41) is 0. The average Bonchev–Trinajstić information content (AvgIpc) is 3.06. The van der Waals surface area contributed by atoms with Gasteiger partial charge in [-0.15, -0.1) is 0 Å². The van der Waals surface area contributed by atoms with Gasteiger partial charge >= 0.3 is 19.8 Å². The molecule has 9 heteroatoms. The van der Waals surface area contributed by atoms with Gasteiger partial charge < -0.3 is 14.4 Å². The maximum atomic E-state index is 12.4. The van der Waals surface area contributed by atoms with E-state index in [0.29, 0.717) is 6.42 Å². The molecule has 2 unspecified atom stereocenters. The fraction of sp³-hybridized carbons (Fsp3) is 0.737. The van der Waals surface area contributed by atoms with Gasteiger partial charge in [-0.05, 0) is 51.4 Å². The van der Waals surface area contributed by atoms with Crippen molar-refractivity contribution in [3.63, 3.8) is 0 Å². The van der Waals surface area contributed by atoms with Crippen LogP contribution in [0.2, 0.25) is 0 Å². The molecule has 0 aliphatic rings. The van der Waals surface area contributed by atoms with Crippen LogP contribution >= 0.6 is 7.82 Å². The summed E-state index contributed by atoms with van der Waals surface area (Å²) in [6.45, 7) is 3.72. The maximum absolute atomic E-state index is 12.4. The van der Waals surface area contributed by atoms with Crippen LogP contribution in [-0.4, -0.2) is 43.3 Å². The van der Waals surface area contributed by atoms with E-state index < -0.39 is 26.5 Å². The van der Waals surface area contributed by atoms with Crippen molar-refractivity contribution >= 4 is 19.8 Å². The number of unbranched alkanes of at least 4 members (excludes halogenated alkanes) is 14. The van der Waals surface area contributed by atoms with Crippen LogP contribution in [0.15, 0.2) is 48.6 Å². The van der Waals surface area contributed by atoms with Crippen molar-refractivity contribution in [2.24, 2.45) is 0 Å². The van der Waals surface area contributed by atoms with Crippen molar-refractivity contribution in [2.75, 3.05) is 20.3 Å². The van der Waals surface area contributed by atoms with Crippen LogP contribution in [0, 0.1) is 0 Å². The number of hydrogen-bond donors (Lipinski definition) is 1. The van der Waals surface area contributed by atoms with Crippen LogP contribution in [0.1, 0.15) is 155 Å². The number of carbonyl (C=O) groups excluding carboxylic acids is 2. The fourth-order valence-electron chi connectivity index (χ4n) is 4.77. The Labute approximate surface area is 287 Å². The summed E-state index contributed by atoms with van der Waals surface area (Å²) in [7, 11) is -3.20. The zero-order chi connectivity index (χ0) is 34.7. The Kier molecular flexibility index (Phi) is 32.5. The highest BCUT2D eigenvalue weighted by Crippen LogP contribution is 2.42. The third kappa shape index (κ3) is 33.7. The minimum Gasteiger partial charge on any atom is -0.462 e. The summed E-state index contributed by atoms with van der Waals surface area (Å²) in [5.74, 6) is -0.826. The van der Waals surface area contributed by atoms with Gasteiger partial charge in [0.05, 0.1) is 6.61 Å². The van der Waals surface area contributed by atoms with Crippen LogP contribution in [0.4, 0.5) is 0 Å². The van der Waals surface area contributed by atoms with Gasteiger partial charge in [0.25, 0.3) is 0 Å². The first-order valence-electron chi connectivity index (χ1n) is 18.3. The first-order valence-corrected chi connectivity index (χ1v) is 19.8. The summed E-state index contributed by atoms with van der Waals surface area (Å²) in [5.41, 5.74) is 0. The monoisotopic (exact) mass is 682 g/mol. The van der Waals surface area contributed by atoms with Crippen LogP contribution in [-0.2, 0) is 32.7 Å².